The minimum Gasteiger partial charge on any atom is -0.381 e. The molecule has 3 heteroatoms. The van der Waals surface area contributed by atoms with Crippen LogP contribution in [0.1, 0.15) is 77.3 Å². The highest BCUT2D eigenvalue weighted by atomic mass is 16.5. The molecule has 0 aromatic carbocycles. The lowest BCUT2D eigenvalue weighted by Crippen LogP contribution is -2.27. The summed E-state index contributed by atoms with van der Waals surface area (Å²) >= 11 is 0. The SMILES string of the molecule is CCCCCCCCCCOCC1(C)C=CN=C(c2ccccn2)C1. The Labute approximate surface area is 153 Å². The van der Waals surface area contributed by atoms with Gasteiger partial charge in [0.15, 0.2) is 0 Å². The molecule has 1 aliphatic rings. The van der Waals surface area contributed by atoms with Gasteiger partial charge in [-0.3, -0.25) is 9.98 Å². The van der Waals surface area contributed by atoms with E-state index in [9.17, 15) is 0 Å². The predicted octanol–water partition coefficient (Wildman–Crippen LogP) is 5.95. The average Bonchev–Trinajstić information content (AvgIpc) is 2.64. The van der Waals surface area contributed by atoms with Gasteiger partial charge < -0.3 is 4.74 Å². The monoisotopic (exact) mass is 342 g/mol. The minimum absolute atomic E-state index is 0.0226. The molecular weight excluding hydrogens is 308 g/mol. The van der Waals surface area contributed by atoms with Gasteiger partial charge in [0.25, 0.3) is 0 Å². The second kappa shape index (κ2) is 11.2. The molecule has 0 fully saturated rings. The number of hydrogen-bond acceptors (Lipinski definition) is 3. The summed E-state index contributed by atoms with van der Waals surface area (Å²) in [5, 5.41) is 0. The van der Waals surface area contributed by atoms with Crippen molar-refractivity contribution in [1.82, 2.24) is 4.98 Å². The Kier molecular flexibility index (Phi) is 8.89. The number of hydrogen-bond donors (Lipinski definition) is 0. The molecule has 138 valence electrons. The number of ether oxygens (including phenoxy) is 1. The van der Waals surface area contributed by atoms with Crippen LogP contribution in [0.3, 0.4) is 0 Å². The van der Waals surface area contributed by atoms with Crippen molar-refractivity contribution in [2.45, 2.75) is 71.6 Å². The van der Waals surface area contributed by atoms with Crippen molar-refractivity contribution in [3.05, 3.63) is 42.4 Å². The molecule has 25 heavy (non-hydrogen) atoms. The largest absolute Gasteiger partial charge is 0.381 e. The molecule has 0 saturated heterocycles. The van der Waals surface area contributed by atoms with Crippen LogP contribution in [0, 0.1) is 5.41 Å². The standard InChI is InChI=1S/C22H34N2O/c1-3-4-5-6-7-8-9-12-17-25-19-22(2)14-16-24-21(18-22)20-13-10-11-15-23-20/h10-11,13-16H,3-9,12,17-19H2,1-2H3. The maximum absolute atomic E-state index is 5.98. The highest BCUT2D eigenvalue weighted by molar-refractivity contribution is 6.00. The minimum atomic E-state index is 0.0226. The molecule has 1 atom stereocenters. The third-order valence-electron chi connectivity index (χ3n) is 4.81. The topological polar surface area (TPSA) is 34.5 Å². The molecule has 2 heterocycles. The van der Waals surface area contributed by atoms with Gasteiger partial charge in [-0.25, -0.2) is 0 Å². The maximum Gasteiger partial charge on any atom is 0.0844 e. The molecule has 3 nitrogen and oxygen atoms in total. The average molecular weight is 343 g/mol. The van der Waals surface area contributed by atoms with Crippen molar-refractivity contribution in [2.24, 2.45) is 10.4 Å². The van der Waals surface area contributed by atoms with Crippen LogP contribution in [0.2, 0.25) is 0 Å². The first-order chi connectivity index (χ1) is 12.2. The van der Waals surface area contributed by atoms with Gasteiger partial charge >= 0.3 is 0 Å². The number of rotatable bonds is 12. The van der Waals surface area contributed by atoms with Crippen LogP contribution in [-0.2, 0) is 4.74 Å². The molecule has 0 spiro atoms. The van der Waals surface area contributed by atoms with E-state index in [0.717, 1.165) is 31.0 Å². The van der Waals surface area contributed by atoms with E-state index in [0.29, 0.717) is 0 Å². The summed E-state index contributed by atoms with van der Waals surface area (Å²) in [5.41, 5.74) is 2.05. The maximum atomic E-state index is 5.98. The van der Waals surface area contributed by atoms with Gasteiger partial charge in [-0.15, -0.1) is 0 Å². The van der Waals surface area contributed by atoms with Crippen LogP contribution in [0.4, 0.5) is 0 Å². The number of aromatic nitrogens is 1. The van der Waals surface area contributed by atoms with Gasteiger partial charge in [0.1, 0.15) is 0 Å². The summed E-state index contributed by atoms with van der Waals surface area (Å²) in [5.74, 6) is 0. The number of pyridine rings is 1. The zero-order valence-electron chi connectivity index (χ0n) is 16.0. The van der Waals surface area contributed by atoms with Gasteiger partial charge in [-0.1, -0.05) is 70.9 Å². The van der Waals surface area contributed by atoms with Gasteiger partial charge in [-0.2, -0.15) is 0 Å². The molecule has 1 aromatic heterocycles. The molecule has 0 amide bonds. The zero-order valence-corrected chi connectivity index (χ0v) is 16.0. The van der Waals surface area contributed by atoms with Crippen LogP contribution in [0.15, 0.2) is 41.7 Å². The van der Waals surface area contributed by atoms with Gasteiger partial charge in [-0.05, 0) is 18.6 Å². The van der Waals surface area contributed by atoms with Crippen molar-refractivity contribution in [3.63, 3.8) is 0 Å². The molecule has 0 radical (unpaired) electrons. The van der Waals surface area contributed by atoms with Crippen LogP contribution < -0.4 is 0 Å². The summed E-state index contributed by atoms with van der Waals surface area (Å²) in [4.78, 5) is 8.93. The van der Waals surface area contributed by atoms with E-state index in [1.807, 2.05) is 30.6 Å². The molecule has 0 saturated carbocycles. The van der Waals surface area contributed by atoms with E-state index in [-0.39, 0.29) is 5.41 Å². The summed E-state index contributed by atoms with van der Waals surface area (Å²) < 4.78 is 5.98. The van der Waals surface area contributed by atoms with E-state index < -0.39 is 0 Å². The lowest BCUT2D eigenvalue weighted by molar-refractivity contribution is 0.0754. The van der Waals surface area contributed by atoms with E-state index in [2.05, 4.69) is 29.9 Å². The summed E-state index contributed by atoms with van der Waals surface area (Å²) in [7, 11) is 0. The number of nitrogens with zero attached hydrogens (tertiary/aromatic N) is 2. The molecule has 1 unspecified atom stereocenters. The molecule has 0 bridgehead atoms. The predicted molar refractivity (Wildman–Crippen MR) is 106 cm³/mol. The Morgan fingerprint density at radius 1 is 1.04 bits per heavy atom. The Morgan fingerprint density at radius 3 is 2.52 bits per heavy atom. The lowest BCUT2D eigenvalue weighted by atomic mass is 9.83. The fraction of sp³-hybridized carbons (Fsp3) is 0.636. The van der Waals surface area contributed by atoms with Crippen molar-refractivity contribution in [2.75, 3.05) is 13.2 Å². The Balaban J connectivity index is 1.60. The molecular formula is C22H34N2O. The zero-order chi connectivity index (χ0) is 17.8. The fourth-order valence-corrected chi connectivity index (χ4v) is 3.23. The highest BCUT2D eigenvalue weighted by Gasteiger charge is 2.27. The van der Waals surface area contributed by atoms with Gasteiger partial charge in [0, 0.05) is 30.8 Å². The Hall–Kier alpha value is -1.48. The van der Waals surface area contributed by atoms with Crippen molar-refractivity contribution < 1.29 is 4.74 Å². The van der Waals surface area contributed by atoms with Crippen LogP contribution in [-0.4, -0.2) is 23.9 Å². The van der Waals surface area contributed by atoms with E-state index >= 15 is 0 Å². The quantitative estimate of drug-likeness (QED) is 0.440. The first-order valence-electron chi connectivity index (χ1n) is 9.97. The lowest BCUT2D eigenvalue weighted by Gasteiger charge is -2.28. The second-order valence-corrected chi connectivity index (χ2v) is 7.46. The number of unbranched alkanes of at least 4 members (excludes halogenated alkanes) is 7. The summed E-state index contributed by atoms with van der Waals surface area (Å²) in [6.45, 7) is 6.14. The van der Waals surface area contributed by atoms with Crippen molar-refractivity contribution >= 4 is 5.71 Å². The molecule has 1 aromatic rings. The normalized spacial score (nSPS) is 19.8. The third-order valence-corrected chi connectivity index (χ3v) is 4.81. The van der Waals surface area contributed by atoms with Gasteiger partial charge in [0.05, 0.1) is 18.0 Å². The van der Waals surface area contributed by atoms with Crippen LogP contribution in [0.5, 0.6) is 0 Å². The Morgan fingerprint density at radius 2 is 1.80 bits per heavy atom. The fourth-order valence-electron chi connectivity index (χ4n) is 3.23. The second-order valence-electron chi connectivity index (χ2n) is 7.46. The summed E-state index contributed by atoms with van der Waals surface area (Å²) in [6, 6.07) is 5.98. The molecule has 2 rings (SSSR count). The van der Waals surface area contributed by atoms with E-state index in [4.69, 9.17) is 4.74 Å². The first-order valence-corrected chi connectivity index (χ1v) is 9.97. The molecule has 0 aliphatic carbocycles. The van der Waals surface area contributed by atoms with Crippen molar-refractivity contribution in [3.8, 4) is 0 Å². The van der Waals surface area contributed by atoms with Crippen LogP contribution >= 0.6 is 0 Å². The van der Waals surface area contributed by atoms with E-state index in [1.54, 1.807) is 0 Å². The summed E-state index contributed by atoms with van der Waals surface area (Å²) in [6.07, 6.45) is 17.5. The molecule has 1 aliphatic heterocycles. The van der Waals surface area contributed by atoms with Crippen molar-refractivity contribution in [1.29, 1.82) is 0 Å². The molecule has 0 N–H and O–H groups in total. The number of aliphatic imine (C=N–C) groups is 1. The smallest absolute Gasteiger partial charge is 0.0844 e. The Bertz CT molecular complexity index is 538. The van der Waals surface area contributed by atoms with E-state index in [1.165, 1.54) is 51.4 Å². The highest BCUT2D eigenvalue weighted by Crippen LogP contribution is 2.29. The third kappa shape index (κ3) is 7.52. The van der Waals surface area contributed by atoms with Gasteiger partial charge in [0.2, 0.25) is 0 Å². The first kappa shape index (κ1) is 19.8. The van der Waals surface area contributed by atoms with Crippen LogP contribution in [0.25, 0.3) is 0 Å².